The lowest BCUT2D eigenvalue weighted by Crippen LogP contribution is -2.24. The highest BCUT2D eigenvalue weighted by Crippen LogP contribution is 2.04. The Bertz CT molecular complexity index is 470. The van der Waals surface area contributed by atoms with Crippen molar-refractivity contribution >= 4 is 15.8 Å². The maximum Gasteiger partial charge on any atom is 0.216 e. The van der Waals surface area contributed by atoms with E-state index in [1.54, 1.807) is 6.07 Å². The average Bonchev–Trinajstić information content (AvgIpc) is 1.99. The molecule has 0 amide bonds. The molecule has 0 aliphatic rings. The first-order valence-corrected chi connectivity index (χ1v) is 5.85. The van der Waals surface area contributed by atoms with Gasteiger partial charge in [0.05, 0.1) is 0 Å². The molecule has 6 heteroatoms. The number of Topliss-reactive ketones (excluding diaryl/α,β-unsaturated/α-hetero) is 1. The Morgan fingerprint density at radius 3 is 2.60 bits per heavy atom. The van der Waals surface area contributed by atoms with Crippen molar-refractivity contribution in [3.8, 4) is 0 Å². The van der Waals surface area contributed by atoms with Gasteiger partial charge in [-0.1, -0.05) is 12.1 Å². The molecule has 2 N–H and O–H groups in total. The van der Waals surface area contributed by atoms with Gasteiger partial charge in [-0.15, -0.1) is 0 Å². The first-order chi connectivity index (χ1) is 6.87. The van der Waals surface area contributed by atoms with Crippen LogP contribution in [0.15, 0.2) is 24.3 Å². The lowest BCUT2D eigenvalue weighted by molar-refractivity contribution is -0.116. The fourth-order valence-corrected chi connectivity index (χ4v) is 1.70. The van der Waals surface area contributed by atoms with Crippen molar-refractivity contribution in [2.75, 3.05) is 5.75 Å². The molecule has 15 heavy (non-hydrogen) atoms. The van der Waals surface area contributed by atoms with E-state index in [4.69, 9.17) is 5.14 Å². The molecular weight excluding hydrogens is 221 g/mol. The minimum Gasteiger partial charge on any atom is -0.298 e. The van der Waals surface area contributed by atoms with E-state index in [0.29, 0.717) is 5.56 Å². The summed E-state index contributed by atoms with van der Waals surface area (Å²) in [5.41, 5.74) is 0.434. The first kappa shape index (κ1) is 11.8. The van der Waals surface area contributed by atoms with Crippen molar-refractivity contribution in [2.45, 2.75) is 6.42 Å². The Kier molecular flexibility index (Phi) is 3.54. The normalized spacial score (nSPS) is 11.3. The molecule has 1 aromatic rings. The van der Waals surface area contributed by atoms with Crippen LogP contribution in [0.2, 0.25) is 0 Å². The minimum absolute atomic E-state index is 0.131. The van der Waals surface area contributed by atoms with Crippen LogP contribution < -0.4 is 5.14 Å². The minimum atomic E-state index is -3.80. The number of carbonyl (C=O) groups is 1. The Hall–Kier alpha value is -1.27. The van der Waals surface area contributed by atoms with Gasteiger partial charge in [0.25, 0.3) is 0 Å². The summed E-state index contributed by atoms with van der Waals surface area (Å²) in [6, 6.07) is 5.42. The molecule has 0 saturated carbocycles. The SMILES string of the molecule is NS(=O)(=O)CC(=O)Cc1cccc(F)c1. The molecule has 0 aliphatic carbocycles. The fourth-order valence-electron chi connectivity index (χ4n) is 1.15. The second kappa shape index (κ2) is 4.50. The maximum atomic E-state index is 12.7. The Labute approximate surface area is 87.0 Å². The van der Waals surface area contributed by atoms with E-state index in [0.717, 1.165) is 0 Å². The van der Waals surface area contributed by atoms with Crippen molar-refractivity contribution in [2.24, 2.45) is 5.14 Å². The number of nitrogens with two attached hydrogens (primary N) is 1. The molecular formula is C9H10FNO3S. The van der Waals surface area contributed by atoms with Crippen molar-refractivity contribution in [3.05, 3.63) is 35.6 Å². The van der Waals surface area contributed by atoms with Gasteiger partial charge in [0.2, 0.25) is 10.0 Å². The highest BCUT2D eigenvalue weighted by Gasteiger charge is 2.12. The number of hydrogen-bond acceptors (Lipinski definition) is 3. The second-order valence-corrected chi connectivity index (χ2v) is 4.77. The van der Waals surface area contributed by atoms with Crippen LogP contribution in [0.4, 0.5) is 4.39 Å². The van der Waals surface area contributed by atoms with E-state index >= 15 is 0 Å². The van der Waals surface area contributed by atoms with Gasteiger partial charge in [-0.3, -0.25) is 4.79 Å². The third-order valence-corrected chi connectivity index (χ3v) is 2.38. The molecule has 0 bridgehead atoms. The van der Waals surface area contributed by atoms with Gasteiger partial charge in [0.15, 0.2) is 5.78 Å². The number of ketones is 1. The highest BCUT2D eigenvalue weighted by atomic mass is 32.2. The summed E-state index contributed by atoms with van der Waals surface area (Å²) < 4.78 is 33.9. The number of primary sulfonamides is 1. The third-order valence-electron chi connectivity index (χ3n) is 1.65. The summed E-state index contributed by atoms with van der Waals surface area (Å²) in [4.78, 5) is 11.2. The zero-order chi connectivity index (χ0) is 11.5. The molecule has 1 aromatic carbocycles. The summed E-state index contributed by atoms with van der Waals surface area (Å²) >= 11 is 0. The molecule has 0 saturated heterocycles. The third kappa shape index (κ3) is 4.66. The highest BCUT2D eigenvalue weighted by molar-refractivity contribution is 7.89. The lowest BCUT2D eigenvalue weighted by atomic mass is 10.1. The predicted molar refractivity (Wildman–Crippen MR) is 53.1 cm³/mol. The molecule has 0 fully saturated rings. The van der Waals surface area contributed by atoms with Gasteiger partial charge in [-0.25, -0.2) is 17.9 Å². The van der Waals surface area contributed by atoms with Crippen LogP contribution in [0, 0.1) is 5.82 Å². The lowest BCUT2D eigenvalue weighted by Gasteiger charge is -2.00. The van der Waals surface area contributed by atoms with Gasteiger partial charge in [0.1, 0.15) is 11.6 Å². The first-order valence-electron chi connectivity index (χ1n) is 4.13. The van der Waals surface area contributed by atoms with Crippen molar-refractivity contribution in [3.63, 3.8) is 0 Å². The molecule has 0 radical (unpaired) electrons. The van der Waals surface area contributed by atoms with Crippen LogP contribution in [0.25, 0.3) is 0 Å². The molecule has 82 valence electrons. The van der Waals surface area contributed by atoms with Gasteiger partial charge in [-0.05, 0) is 17.7 Å². The summed E-state index contributed by atoms with van der Waals surface area (Å²) in [5.74, 6) is -1.73. The molecule has 1 rings (SSSR count). The van der Waals surface area contributed by atoms with E-state index in [1.807, 2.05) is 0 Å². The zero-order valence-corrected chi connectivity index (χ0v) is 8.63. The zero-order valence-electron chi connectivity index (χ0n) is 7.81. The van der Waals surface area contributed by atoms with Gasteiger partial charge >= 0.3 is 0 Å². The van der Waals surface area contributed by atoms with Gasteiger partial charge in [-0.2, -0.15) is 0 Å². The van der Waals surface area contributed by atoms with E-state index in [2.05, 4.69) is 0 Å². The smallest absolute Gasteiger partial charge is 0.216 e. The number of carbonyl (C=O) groups excluding carboxylic acids is 1. The average molecular weight is 231 g/mol. The standard InChI is InChI=1S/C9H10FNO3S/c10-8-3-1-2-7(4-8)5-9(12)6-15(11,13)14/h1-4H,5-6H2,(H2,11,13,14). The van der Waals surface area contributed by atoms with Crippen LogP contribution in [-0.2, 0) is 21.2 Å². The molecule has 0 heterocycles. The van der Waals surface area contributed by atoms with Crippen LogP contribution >= 0.6 is 0 Å². The molecule has 4 nitrogen and oxygen atoms in total. The van der Waals surface area contributed by atoms with Crippen molar-refractivity contribution in [1.29, 1.82) is 0 Å². The molecule has 0 aliphatic heterocycles. The second-order valence-electron chi connectivity index (χ2n) is 3.15. The summed E-state index contributed by atoms with van der Waals surface area (Å²) in [7, 11) is -3.80. The molecule has 0 spiro atoms. The molecule has 0 atom stereocenters. The van der Waals surface area contributed by atoms with Crippen molar-refractivity contribution < 1.29 is 17.6 Å². The summed E-state index contributed by atoms with van der Waals surface area (Å²) in [5, 5.41) is 4.70. The maximum absolute atomic E-state index is 12.7. The topological polar surface area (TPSA) is 77.2 Å². The Balaban J connectivity index is 2.67. The number of sulfonamides is 1. The van der Waals surface area contributed by atoms with Gasteiger partial charge in [0, 0.05) is 6.42 Å². The Morgan fingerprint density at radius 2 is 2.07 bits per heavy atom. The van der Waals surface area contributed by atoms with Gasteiger partial charge < -0.3 is 0 Å². The number of rotatable bonds is 4. The molecule has 0 unspecified atom stereocenters. The summed E-state index contributed by atoms with van der Waals surface area (Å²) in [6.07, 6.45) is -0.131. The van der Waals surface area contributed by atoms with Crippen LogP contribution in [0.1, 0.15) is 5.56 Å². The largest absolute Gasteiger partial charge is 0.298 e. The molecule has 0 aromatic heterocycles. The fraction of sp³-hybridized carbons (Fsp3) is 0.222. The number of hydrogen-bond donors (Lipinski definition) is 1. The van der Waals surface area contributed by atoms with E-state index < -0.39 is 27.4 Å². The number of benzene rings is 1. The number of halogens is 1. The van der Waals surface area contributed by atoms with Crippen molar-refractivity contribution in [1.82, 2.24) is 0 Å². The summed E-state index contributed by atoms with van der Waals surface area (Å²) in [6.45, 7) is 0. The quantitative estimate of drug-likeness (QED) is 0.805. The van der Waals surface area contributed by atoms with Crippen LogP contribution in [0.3, 0.4) is 0 Å². The van der Waals surface area contributed by atoms with E-state index in [-0.39, 0.29) is 6.42 Å². The predicted octanol–water partition coefficient (Wildman–Crippen LogP) is 0.226. The monoisotopic (exact) mass is 231 g/mol. The van der Waals surface area contributed by atoms with E-state index in [9.17, 15) is 17.6 Å². The van der Waals surface area contributed by atoms with Crippen LogP contribution in [0.5, 0.6) is 0 Å². The Morgan fingerprint density at radius 1 is 1.40 bits per heavy atom. The van der Waals surface area contributed by atoms with E-state index in [1.165, 1.54) is 18.2 Å². The van der Waals surface area contributed by atoms with Crippen LogP contribution in [-0.4, -0.2) is 20.0 Å².